The fraction of sp³-hybridized carbons (Fsp3) is 0.700. The van der Waals surface area contributed by atoms with E-state index in [9.17, 15) is 0 Å². The number of benzene rings is 1. The second-order valence-corrected chi connectivity index (χ2v) is 6.96. The van der Waals surface area contributed by atoms with Crippen molar-refractivity contribution in [2.45, 2.75) is 78.2 Å². The first-order valence-corrected chi connectivity index (χ1v) is 9.02. The zero-order valence-electron chi connectivity index (χ0n) is 14.3. The van der Waals surface area contributed by atoms with Crippen LogP contribution in [0, 0.1) is 5.41 Å². The first-order chi connectivity index (χ1) is 10.2. The number of unbranched alkanes of at least 4 members (excludes halogenated alkanes) is 1. The average molecular weight is 287 g/mol. The van der Waals surface area contributed by atoms with E-state index in [1.165, 1.54) is 62.6 Å². The van der Waals surface area contributed by atoms with Gasteiger partial charge in [0, 0.05) is 12.6 Å². The van der Waals surface area contributed by atoms with E-state index in [0.717, 1.165) is 12.5 Å². The van der Waals surface area contributed by atoms with Crippen LogP contribution in [0.5, 0.6) is 0 Å². The molecule has 1 saturated carbocycles. The topological polar surface area (TPSA) is 12.0 Å². The second-order valence-electron chi connectivity index (χ2n) is 6.96. The first kappa shape index (κ1) is 16.5. The fourth-order valence-corrected chi connectivity index (χ4v) is 3.19. The summed E-state index contributed by atoms with van der Waals surface area (Å²) in [7, 11) is 0. The Kier molecular flexibility index (Phi) is 6.29. The molecule has 0 aliphatic heterocycles. The van der Waals surface area contributed by atoms with Crippen LogP contribution in [-0.2, 0) is 12.8 Å². The molecule has 0 radical (unpaired) electrons. The highest BCUT2D eigenvalue weighted by Gasteiger charge is 2.31. The highest BCUT2D eigenvalue weighted by Crippen LogP contribution is 2.34. The van der Waals surface area contributed by atoms with Crippen molar-refractivity contribution in [2.24, 2.45) is 5.41 Å². The van der Waals surface area contributed by atoms with Gasteiger partial charge in [0.25, 0.3) is 0 Å². The summed E-state index contributed by atoms with van der Waals surface area (Å²) >= 11 is 0. The number of rotatable bonds is 10. The zero-order valence-corrected chi connectivity index (χ0v) is 14.3. The lowest BCUT2D eigenvalue weighted by atomic mass is 9.75. The molecule has 0 aromatic heterocycles. The molecule has 0 bridgehead atoms. The molecule has 21 heavy (non-hydrogen) atoms. The Hall–Kier alpha value is -0.820. The van der Waals surface area contributed by atoms with Gasteiger partial charge in [0.1, 0.15) is 0 Å². The molecule has 1 aliphatic carbocycles. The molecule has 1 unspecified atom stereocenters. The smallest absolute Gasteiger partial charge is 0.00684 e. The maximum atomic E-state index is 3.80. The monoisotopic (exact) mass is 287 g/mol. The van der Waals surface area contributed by atoms with Gasteiger partial charge in [0.2, 0.25) is 0 Å². The Morgan fingerprint density at radius 2 is 1.71 bits per heavy atom. The van der Waals surface area contributed by atoms with Crippen molar-refractivity contribution in [3.05, 3.63) is 35.4 Å². The summed E-state index contributed by atoms with van der Waals surface area (Å²) in [5, 5.41) is 3.80. The summed E-state index contributed by atoms with van der Waals surface area (Å²) in [6.07, 6.45) is 10.4. The van der Waals surface area contributed by atoms with Crippen LogP contribution in [0.3, 0.4) is 0 Å². The standard InChI is InChI=1S/C20H33N/c1-4-7-14-20(6-3,16-21-19-12-13-19)15-18-10-8-17(5-2)9-11-18/h8-11,19,21H,4-7,12-16H2,1-3H3. The van der Waals surface area contributed by atoms with Gasteiger partial charge in [-0.1, -0.05) is 57.9 Å². The van der Waals surface area contributed by atoms with Crippen LogP contribution in [0.25, 0.3) is 0 Å². The van der Waals surface area contributed by atoms with Gasteiger partial charge in [-0.15, -0.1) is 0 Å². The van der Waals surface area contributed by atoms with Crippen molar-refractivity contribution in [3.8, 4) is 0 Å². The van der Waals surface area contributed by atoms with E-state index in [2.05, 4.69) is 50.4 Å². The number of hydrogen-bond acceptors (Lipinski definition) is 1. The van der Waals surface area contributed by atoms with Crippen molar-refractivity contribution in [1.82, 2.24) is 5.32 Å². The van der Waals surface area contributed by atoms with Gasteiger partial charge in [-0.3, -0.25) is 0 Å². The molecule has 1 nitrogen and oxygen atoms in total. The minimum Gasteiger partial charge on any atom is -0.313 e. The van der Waals surface area contributed by atoms with Crippen LogP contribution in [-0.4, -0.2) is 12.6 Å². The molecule has 1 N–H and O–H groups in total. The van der Waals surface area contributed by atoms with Gasteiger partial charge in [-0.25, -0.2) is 0 Å². The van der Waals surface area contributed by atoms with Gasteiger partial charge in [0.05, 0.1) is 0 Å². The molecule has 1 aromatic carbocycles. The predicted octanol–water partition coefficient (Wildman–Crippen LogP) is 5.13. The van der Waals surface area contributed by atoms with Gasteiger partial charge in [0.15, 0.2) is 0 Å². The Morgan fingerprint density at radius 1 is 1.05 bits per heavy atom. The van der Waals surface area contributed by atoms with Gasteiger partial charge in [-0.05, 0) is 55.1 Å². The summed E-state index contributed by atoms with van der Waals surface area (Å²) < 4.78 is 0. The maximum Gasteiger partial charge on any atom is 0.00684 e. The summed E-state index contributed by atoms with van der Waals surface area (Å²) in [6, 6.07) is 10.1. The Bertz CT molecular complexity index is 404. The lowest BCUT2D eigenvalue weighted by Gasteiger charge is -2.34. The number of aryl methyl sites for hydroxylation is 1. The third kappa shape index (κ3) is 5.14. The van der Waals surface area contributed by atoms with E-state index in [-0.39, 0.29) is 0 Å². The van der Waals surface area contributed by atoms with E-state index in [4.69, 9.17) is 0 Å². The summed E-state index contributed by atoms with van der Waals surface area (Å²) in [6.45, 7) is 8.12. The van der Waals surface area contributed by atoms with Crippen LogP contribution in [0.15, 0.2) is 24.3 Å². The molecular weight excluding hydrogens is 254 g/mol. The minimum absolute atomic E-state index is 0.451. The Morgan fingerprint density at radius 3 is 2.24 bits per heavy atom. The van der Waals surface area contributed by atoms with Crippen LogP contribution in [0.4, 0.5) is 0 Å². The molecule has 1 heteroatoms. The van der Waals surface area contributed by atoms with E-state index >= 15 is 0 Å². The maximum absolute atomic E-state index is 3.80. The molecule has 0 spiro atoms. The van der Waals surface area contributed by atoms with Gasteiger partial charge >= 0.3 is 0 Å². The number of hydrogen-bond donors (Lipinski definition) is 1. The van der Waals surface area contributed by atoms with Crippen molar-refractivity contribution < 1.29 is 0 Å². The largest absolute Gasteiger partial charge is 0.313 e. The van der Waals surface area contributed by atoms with Crippen molar-refractivity contribution in [3.63, 3.8) is 0 Å². The van der Waals surface area contributed by atoms with Crippen molar-refractivity contribution in [1.29, 1.82) is 0 Å². The summed E-state index contributed by atoms with van der Waals surface area (Å²) in [5.74, 6) is 0. The lowest BCUT2D eigenvalue weighted by molar-refractivity contribution is 0.228. The Balaban J connectivity index is 2.03. The van der Waals surface area contributed by atoms with E-state index in [1.54, 1.807) is 0 Å². The second kappa shape index (κ2) is 7.98. The van der Waals surface area contributed by atoms with Crippen LogP contribution in [0.2, 0.25) is 0 Å². The predicted molar refractivity (Wildman–Crippen MR) is 92.8 cm³/mol. The van der Waals surface area contributed by atoms with Crippen molar-refractivity contribution in [2.75, 3.05) is 6.54 Å². The lowest BCUT2D eigenvalue weighted by Crippen LogP contribution is -2.37. The third-order valence-corrected chi connectivity index (χ3v) is 5.16. The van der Waals surface area contributed by atoms with Crippen LogP contribution >= 0.6 is 0 Å². The quantitative estimate of drug-likeness (QED) is 0.629. The SMILES string of the molecule is CCCCC(CC)(CNC1CC1)Cc1ccc(CC)cc1. The van der Waals surface area contributed by atoms with Crippen molar-refractivity contribution >= 4 is 0 Å². The van der Waals surface area contributed by atoms with Crippen LogP contribution in [0.1, 0.15) is 70.4 Å². The van der Waals surface area contributed by atoms with E-state index in [1.807, 2.05) is 0 Å². The van der Waals surface area contributed by atoms with Gasteiger partial charge < -0.3 is 5.32 Å². The minimum atomic E-state index is 0.451. The fourth-order valence-electron chi connectivity index (χ4n) is 3.19. The molecule has 1 fully saturated rings. The Labute approximate surface area is 131 Å². The molecule has 1 aromatic rings. The molecule has 1 atom stereocenters. The molecule has 118 valence electrons. The average Bonchev–Trinajstić information content (AvgIpc) is 3.35. The number of nitrogens with one attached hydrogen (secondary N) is 1. The zero-order chi connectivity index (χ0) is 15.1. The molecule has 2 rings (SSSR count). The molecule has 1 aliphatic rings. The molecule has 0 amide bonds. The van der Waals surface area contributed by atoms with Crippen LogP contribution < -0.4 is 5.32 Å². The summed E-state index contributed by atoms with van der Waals surface area (Å²) in [4.78, 5) is 0. The first-order valence-electron chi connectivity index (χ1n) is 9.02. The third-order valence-electron chi connectivity index (χ3n) is 5.16. The van der Waals surface area contributed by atoms with E-state index in [0.29, 0.717) is 5.41 Å². The highest BCUT2D eigenvalue weighted by molar-refractivity contribution is 5.23. The van der Waals surface area contributed by atoms with E-state index < -0.39 is 0 Å². The van der Waals surface area contributed by atoms with Gasteiger partial charge in [-0.2, -0.15) is 0 Å². The molecule has 0 saturated heterocycles. The summed E-state index contributed by atoms with van der Waals surface area (Å²) in [5.41, 5.74) is 3.42. The normalized spacial score (nSPS) is 17.7. The molecule has 0 heterocycles. The molecular formula is C20H33N. The highest BCUT2D eigenvalue weighted by atomic mass is 15.0.